The van der Waals surface area contributed by atoms with Gasteiger partial charge in [-0.15, -0.1) is 0 Å². The molecule has 27 heavy (non-hydrogen) atoms. The molecule has 0 bridgehead atoms. The molecule has 2 heterocycles. The second kappa shape index (κ2) is 9.04. The highest BCUT2D eigenvalue weighted by Crippen LogP contribution is 2.20. The third-order valence-corrected chi connectivity index (χ3v) is 5.05. The molecule has 0 spiro atoms. The number of nitrogens with one attached hydrogen (secondary N) is 1. The Labute approximate surface area is 160 Å². The first-order valence-electron chi connectivity index (χ1n) is 9.80. The first-order valence-corrected chi connectivity index (χ1v) is 9.80. The Bertz CT molecular complexity index is 823. The van der Waals surface area contributed by atoms with Crippen LogP contribution in [0.1, 0.15) is 26.7 Å². The van der Waals surface area contributed by atoms with E-state index in [9.17, 15) is 9.59 Å². The third kappa shape index (κ3) is 5.32. The Hall–Kier alpha value is -2.34. The molecule has 1 aromatic carbocycles. The summed E-state index contributed by atoms with van der Waals surface area (Å²) in [5, 5.41) is 4.27. The molecule has 6 heteroatoms. The summed E-state index contributed by atoms with van der Waals surface area (Å²) in [6.07, 6.45) is 1.62. The summed E-state index contributed by atoms with van der Waals surface area (Å²) in [5.41, 5.74) is 1.06. The number of rotatable bonds is 7. The number of carbonyl (C=O) groups excluding carboxylic acids is 1. The van der Waals surface area contributed by atoms with Crippen LogP contribution in [-0.2, 0) is 4.79 Å². The SMILES string of the molecule is CC(C)CCC(=O)N1CCN(CCNc2cc(=O)oc3ccccc23)CC1. The molecule has 6 nitrogen and oxygen atoms in total. The number of benzene rings is 1. The van der Waals surface area contributed by atoms with E-state index in [0.29, 0.717) is 17.9 Å². The molecule has 146 valence electrons. The molecule has 1 aliphatic rings. The first-order chi connectivity index (χ1) is 13.0. The summed E-state index contributed by atoms with van der Waals surface area (Å²) in [7, 11) is 0. The lowest BCUT2D eigenvalue weighted by atomic mass is 10.1. The van der Waals surface area contributed by atoms with Crippen molar-refractivity contribution in [2.24, 2.45) is 5.92 Å². The summed E-state index contributed by atoms with van der Waals surface area (Å²) >= 11 is 0. The van der Waals surface area contributed by atoms with Crippen molar-refractivity contribution in [2.45, 2.75) is 26.7 Å². The highest BCUT2D eigenvalue weighted by Gasteiger charge is 2.20. The Morgan fingerprint density at radius 3 is 2.67 bits per heavy atom. The second-order valence-corrected chi connectivity index (χ2v) is 7.56. The lowest BCUT2D eigenvalue weighted by Gasteiger charge is -2.35. The molecule has 2 aromatic rings. The van der Waals surface area contributed by atoms with Gasteiger partial charge in [-0.2, -0.15) is 0 Å². The Kier molecular flexibility index (Phi) is 6.50. The molecule has 1 aromatic heterocycles. The number of nitrogens with zero attached hydrogens (tertiary/aromatic N) is 2. The van der Waals surface area contributed by atoms with Crippen molar-refractivity contribution in [2.75, 3.05) is 44.6 Å². The normalized spacial score (nSPS) is 15.4. The minimum atomic E-state index is -0.343. The average molecular weight is 371 g/mol. The minimum Gasteiger partial charge on any atom is -0.423 e. The van der Waals surface area contributed by atoms with Crippen molar-refractivity contribution in [3.63, 3.8) is 0 Å². The van der Waals surface area contributed by atoms with Crippen molar-refractivity contribution in [1.82, 2.24) is 9.80 Å². The summed E-state index contributed by atoms with van der Waals surface area (Å²) < 4.78 is 5.22. The topological polar surface area (TPSA) is 65.8 Å². The Morgan fingerprint density at radius 1 is 1.19 bits per heavy atom. The number of para-hydroxylation sites is 1. The van der Waals surface area contributed by atoms with Gasteiger partial charge in [-0.3, -0.25) is 9.69 Å². The van der Waals surface area contributed by atoms with Crippen LogP contribution in [0.2, 0.25) is 0 Å². The number of hydrogen-bond donors (Lipinski definition) is 1. The van der Waals surface area contributed by atoms with Crippen molar-refractivity contribution in [3.05, 3.63) is 40.8 Å². The molecule has 1 fully saturated rings. The summed E-state index contributed by atoms with van der Waals surface area (Å²) in [6.45, 7) is 9.32. The zero-order chi connectivity index (χ0) is 19.2. The summed E-state index contributed by atoms with van der Waals surface area (Å²) in [5.74, 6) is 0.849. The maximum Gasteiger partial charge on any atom is 0.338 e. The predicted octanol–water partition coefficient (Wildman–Crippen LogP) is 2.79. The molecule has 1 saturated heterocycles. The van der Waals surface area contributed by atoms with Gasteiger partial charge in [0, 0.05) is 57.1 Å². The van der Waals surface area contributed by atoms with E-state index >= 15 is 0 Å². The van der Waals surface area contributed by atoms with Crippen molar-refractivity contribution < 1.29 is 9.21 Å². The van der Waals surface area contributed by atoms with Crippen LogP contribution in [-0.4, -0.2) is 55.0 Å². The zero-order valence-electron chi connectivity index (χ0n) is 16.2. The van der Waals surface area contributed by atoms with E-state index < -0.39 is 0 Å². The smallest absolute Gasteiger partial charge is 0.338 e. The molecule has 0 radical (unpaired) electrons. The van der Waals surface area contributed by atoms with Gasteiger partial charge in [-0.25, -0.2) is 4.79 Å². The third-order valence-electron chi connectivity index (χ3n) is 5.05. The molecule has 3 rings (SSSR count). The van der Waals surface area contributed by atoms with Gasteiger partial charge in [-0.05, 0) is 24.5 Å². The van der Waals surface area contributed by atoms with Crippen LogP contribution in [0.5, 0.6) is 0 Å². The van der Waals surface area contributed by atoms with E-state index in [1.165, 1.54) is 6.07 Å². The molecule has 1 aliphatic heterocycles. The molecule has 0 unspecified atom stereocenters. The van der Waals surface area contributed by atoms with Gasteiger partial charge >= 0.3 is 5.63 Å². The first kappa shape index (κ1) is 19.4. The van der Waals surface area contributed by atoms with Gasteiger partial charge in [0.25, 0.3) is 0 Å². The van der Waals surface area contributed by atoms with Crippen LogP contribution < -0.4 is 10.9 Å². The molecule has 0 aliphatic carbocycles. The fourth-order valence-electron chi connectivity index (χ4n) is 3.40. The zero-order valence-corrected chi connectivity index (χ0v) is 16.2. The minimum absolute atomic E-state index is 0.281. The van der Waals surface area contributed by atoms with Crippen molar-refractivity contribution >= 4 is 22.6 Å². The van der Waals surface area contributed by atoms with E-state index in [2.05, 4.69) is 24.1 Å². The van der Waals surface area contributed by atoms with Gasteiger partial charge in [-0.1, -0.05) is 26.0 Å². The van der Waals surface area contributed by atoms with E-state index in [0.717, 1.165) is 56.8 Å². The van der Waals surface area contributed by atoms with Gasteiger partial charge < -0.3 is 14.6 Å². The average Bonchev–Trinajstić information content (AvgIpc) is 2.66. The maximum absolute atomic E-state index is 12.2. The molecule has 0 saturated carbocycles. The number of amides is 1. The number of carbonyl (C=O) groups is 1. The largest absolute Gasteiger partial charge is 0.423 e. The highest BCUT2D eigenvalue weighted by molar-refractivity contribution is 5.89. The summed E-state index contributed by atoms with van der Waals surface area (Å²) in [4.78, 5) is 28.3. The highest BCUT2D eigenvalue weighted by atomic mass is 16.4. The number of fused-ring (bicyclic) bond motifs is 1. The van der Waals surface area contributed by atoms with E-state index in [1.807, 2.05) is 23.1 Å². The van der Waals surface area contributed by atoms with Crippen LogP contribution in [0, 0.1) is 5.92 Å². The van der Waals surface area contributed by atoms with Crippen molar-refractivity contribution in [3.8, 4) is 0 Å². The fourth-order valence-corrected chi connectivity index (χ4v) is 3.40. The monoisotopic (exact) mass is 371 g/mol. The molecular weight excluding hydrogens is 342 g/mol. The van der Waals surface area contributed by atoms with Gasteiger partial charge in [0.15, 0.2) is 0 Å². The molecule has 1 N–H and O–H groups in total. The molecule has 0 atom stereocenters. The standard InChI is InChI=1S/C21H29N3O3/c1-16(2)7-8-20(25)24-13-11-23(12-14-24)10-9-22-18-15-21(26)27-19-6-4-3-5-17(18)19/h3-6,15-16,22H,7-14H2,1-2H3. The lowest BCUT2D eigenvalue weighted by molar-refractivity contribution is -0.133. The fraction of sp³-hybridized carbons (Fsp3) is 0.524. The van der Waals surface area contributed by atoms with Gasteiger partial charge in [0.2, 0.25) is 5.91 Å². The number of anilines is 1. The second-order valence-electron chi connectivity index (χ2n) is 7.56. The number of piperazine rings is 1. The van der Waals surface area contributed by atoms with Crippen LogP contribution in [0.25, 0.3) is 11.0 Å². The quantitative estimate of drug-likeness (QED) is 0.758. The van der Waals surface area contributed by atoms with Gasteiger partial charge in [0.05, 0.1) is 5.69 Å². The predicted molar refractivity (Wildman–Crippen MR) is 108 cm³/mol. The van der Waals surface area contributed by atoms with Crippen molar-refractivity contribution in [1.29, 1.82) is 0 Å². The van der Waals surface area contributed by atoms with E-state index in [-0.39, 0.29) is 11.5 Å². The van der Waals surface area contributed by atoms with Crippen LogP contribution >= 0.6 is 0 Å². The van der Waals surface area contributed by atoms with Crippen LogP contribution in [0.3, 0.4) is 0 Å². The van der Waals surface area contributed by atoms with E-state index in [1.54, 1.807) is 6.07 Å². The van der Waals surface area contributed by atoms with E-state index in [4.69, 9.17) is 4.42 Å². The molecular formula is C21H29N3O3. The lowest BCUT2D eigenvalue weighted by Crippen LogP contribution is -2.49. The van der Waals surface area contributed by atoms with Gasteiger partial charge in [0.1, 0.15) is 5.58 Å². The van der Waals surface area contributed by atoms with Crippen LogP contribution in [0.4, 0.5) is 5.69 Å². The maximum atomic E-state index is 12.2. The number of hydrogen-bond acceptors (Lipinski definition) is 5. The van der Waals surface area contributed by atoms with Crippen LogP contribution in [0.15, 0.2) is 39.5 Å². The molecule has 1 amide bonds. The Balaban J connectivity index is 1.46. The Morgan fingerprint density at radius 2 is 1.93 bits per heavy atom. The summed E-state index contributed by atoms with van der Waals surface area (Å²) in [6, 6.07) is 9.05.